The summed E-state index contributed by atoms with van der Waals surface area (Å²) in [6.07, 6.45) is 5.81. The van der Waals surface area contributed by atoms with Gasteiger partial charge in [0.1, 0.15) is 5.15 Å². The van der Waals surface area contributed by atoms with Crippen molar-refractivity contribution < 1.29 is 9.53 Å². The predicted molar refractivity (Wildman–Crippen MR) is 82.4 cm³/mol. The van der Waals surface area contributed by atoms with Crippen molar-refractivity contribution >= 4 is 23.1 Å². The average molecular weight is 300 g/mol. The Labute approximate surface area is 128 Å². The molecular weight excluding hydrogens is 286 g/mol. The van der Waals surface area contributed by atoms with E-state index in [0.717, 1.165) is 29.5 Å². The molecule has 0 N–H and O–H groups in total. The summed E-state index contributed by atoms with van der Waals surface area (Å²) in [6, 6.07) is 9.47. The van der Waals surface area contributed by atoms with Gasteiger partial charge in [0.25, 0.3) is 0 Å². The van der Waals surface area contributed by atoms with Crippen LogP contribution >= 0.6 is 11.6 Å². The third-order valence-corrected chi connectivity index (χ3v) is 3.83. The highest BCUT2D eigenvalue weighted by atomic mass is 35.5. The summed E-state index contributed by atoms with van der Waals surface area (Å²) in [5.74, 6) is -0.324. The first kappa shape index (κ1) is 13.8. The van der Waals surface area contributed by atoms with Crippen molar-refractivity contribution in [1.29, 1.82) is 0 Å². The van der Waals surface area contributed by atoms with Crippen LogP contribution in [0, 0.1) is 0 Å². The van der Waals surface area contributed by atoms with Gasteiger partial charge in [0.2, 0.25) is 0 Å². The molecule has 1 aliphatic carbocycles. The van der Waals surface area contributed by atoms with Gasteiger partial charge in [-0.25, -0.2) is 9.78 Å². The minimum absolute atomic E-state index is 0.324. The molecule has 3 nitrogen and oxygen atoms in total. The van der Waals surface area contributed by atoms with Crippen LogP contribution in [0.2, 0.25) is 5.15 Å². The van der Waals surface area contributed by atoms with E-state index in [-0.39, 0.29) is 5.97 Å². The molecule has 4 heteroatoms. The number of carbonyl (C=O) groups excluding carboxylic acids is 1. The molecule has 1 heterocycles. The number of ether oxygens (including phenoxy) is 1. The van der Waals surface area contributed by atoms with Crippen LogP contribution in [0.4, 0.5) is 0 Å². The van der Waals surface area contributed by atoms with Crippen LogP contribution < -0.4 is 0 Å². The van der Waals surface area contributed by atoms with Crippen LogP contribution in [-0.2, 0) is 11.2 Å². The summed E-state index contributed by atoms with van der Waals surface area (Å²) in [7, 11) is 1.39. The Morgan fingerprint density at radius 2 is 2.14 bits per heavy atom. The molecule has 0 unspecified atom stereocenters. The summed E-state index contributed by atoms with van der Waals surface area (Å²) in [5, 5.41) is 0.463. The summed E-state index contributed by atoms with van der Waals surface area (Å²) < 4.78 is 4.80. The zero-order valence-corrected chi connectivity index (χ0v) is 12.4. The number of rotatable bonds is 2. The van der Waals surface area contributed by atoms with Gasteiger partial charge in [-0.3, -0.25) is 0 Å². The molecule has 1 aromatic carbocycles. The molecule has 0 bridgehead atoms. The maximum Gasteiger partial charge on any atom is 0.337 e. The van der Waals surface area contributed by atoms with E-state index in [9.17, 15) is 4.79 Å². The van der Waals surface area contributed by atoms with Crippen molar-refractivity contribution in [2.24, 2.45) is 0 Å². The fourth-order valence-electron chi connectivity index (χ4n) is 2.62. The van der Waals surface area contributed by atoms with E-state index >= 15 is 0 Å². The van der Waals surface area contributed by atoms with E-state index in [4.69, 9.17) is 16.3 Å². The number of esters is 1. The number of nitrogens with zero attached hydrogens (tertiary/aromatic N) is 1. The molecule has 2 aromatic rings. The maximum absolute atomic E-state index is 11.7. The molecule has 0 fully saturated rings. The van der Waals surface area contributed by atoms with Crippen LogP contribution in [-0.4, -0.2) is 18.1 Å². The molecule has 1 aliphatic rings. The highest BCUT2D eigenvalue weighted by Gasteiger charge is 2.17. The molecule has 1 aromatic heterocycles. The smallest absolute Gasteiger partial charge is 0.337 e. The van der Waals surface area contributed by atoms with Crippen molar-refractivity contribution in [1.82, 2.24) is 4.98 Å². The number of pyridine rings is 1. The molecule has 0 atom stereocenters. The van der Waals surface area contributed by atoms with Crippen molar-refractivity contribution in [2.75, 3.05) is 7.11 Å². The standard InChI is InChI=1S/C17H14ClNO2/c1-21-17(20)13-6-5-11-3-2-4-14(15(11)9-13)12-7-8-19-16(18)10-12/h4-10H,2-3H2,1H3. The van der Waals surface area contributed by atoms with E-state index in [1.165, 1.54) is 12.7 Å². The fourth-order valence-corrected chi connectivity index (χ4v) is 2.79. The number of allylic oxidation sites excluding steroid dienone is 1. The highest BCUT2D eigenvalue weighted by Crippen LogP contribution is 2.33. The van der Waals surface area contributed by atoms with Crippen LogP contribution in [0.15, 0.2) is 42.6 Å². The molecule has 0 amide bonds. The van der Waals surface area contributed by atoms with E-state index in [1.54, 1.807) is 6.20 Å². The molecule has 0 saturated carbocycles. The second kappa shape index (κ2) is 5.70. The summed E-state index contributed by atoms with van der Waals surface area (Å²) >= 11 is 5.98. The Kier molecular flexibility index (Phi) is 3.76. The van der Waals surface area contributed by atoms with Gasteiger partial charge in [0.05, 0.1) is 12.7 Å². The number of aromatic nitrogens is 1. The third kappa shape index (κ3) is 2.69. The minimum atomic E-state index is -0.324. The Balaban J connectivity index is 2.10. The van der Waals surface area contributed by atoms with E-state index in [2.05, 4.69) is 11.1 Å². The maximum atomic E-state index is 11.7. The predicted octanol–water partition coefficient (Wildman–Crippen LogP) is 3.90. The second-order valence-corrected chi connectivity index (χ2v) is 5.27. The first-order valence-corrected chi connectivity index (χ1v) is 7.10. The Morgan fingerprint density at radius 1 is 1.29 bits per heavy atom. The molecular formula is C17H14ClNO2. The van der Waals surface area contributed by atoms with Gasteiger partial charge < -0.3 is 4.74 Å². The van der Waals surface area contributed by atoms with Crippen LogP contribution in [0.5, 0.6) is 0 Å². The van der Waals surface area contributed by atoms with Crippen molar-refractivity contribution in [2.45, 2.75) is 12.8 Å². The van der Waals surface area contributed by atoms with Gasteiger partial charge in [0.15, 0.2) is 0 Å². The molecule has 0 aliphatic heterocycles. The zero-order chi connectivity index (χ0) is 14.8. The minimum Gasteiger partial charge on any atom is -0.465 e. The number of hydrogen-bond donors (Lipinski definition) is 0. The summed E-state index contributed by atoms with van der Waals surface area (Å²) in [5.41, 5.74) is 4.95. The SMILES string of the molecule is COC(=O)c1ccc2c(c1)C(c1ccnc(Cl)c1)=CCC2. The third-order valence-electron chi connectivity index (χ3n) is 3.62. The van der Waals surface area contributed by atoms with E-state index in [1.807, 2.05) is 30.3 Å². The number of hydrogen-bond acceptors (Lipinski definition) is 3. The highest BCUT2D eigenvalue weighted by molar-refractivity contribution is 6.29. The average Bonchev–Trinajstić information content (AvgIpc) is 2.53. The largest absolute Gasteiger partial charge is 0.465 e. The van der Waals surface area contributed by atoms with Gasteiger partial charge in [-0.15, -0.1) is 0 Å². The molecule has 21 heavy (non-hydrogen) atoms. The lowest BCUT2D eigenvalue weighted by atomic mass is 9.86. The molecule has 3 rings (SSSR count). The van der Waals surface area contributed by atoms with Gasteiger partial charge in [-0.1, -0.05) is 23.7 Å². The number of halogens is 1. The van der Waals surface area contributed by atoms with Crippen LogP contribution in [0.25, 0.3) is 5.57 Å². The van der Waals surface area contributed by atoms with E-state index < -0.39 is 0 Å². The lowest BCUT2D eigenvalue weighted by Gasteiger charge is -2.19. The van der Waals surface area contributed by atoms with Crippen molar-refractivity contribution in [3.63, 3.8) is 0 Å². The zero-order valence-electron chi connectivity index (χ0n) is 11.6. The summed E-state index contributed by atoms with van der Waals surface area (Å²) in [4.78, 5) is 15.7. The normalized spacial score (nSPS) is 13.3. The topological polar surface area (TPSA) is 39.2 Å². The quantitative estimate of drug-likeness (QED) is 0.623. The Bertz CT molecular complexity index is 737. The molecule has 106 valence electrons. The summed E-state index contributed by atoms with van der Waals surface area (Å²) in [6.45, 7) is 0. The number of aryl methyl sites for hydroxylation is 1. The van der Waals surface area contributed by atoms with Gasteiger partial charge in [-0.2, -0.15) is 0 Å². The van der Waals surface area contributed by atoms with Crippen LogP contribution in [0.1, 0.15) is 33.5 Å². The van der Waals surface area contributed by atoms with Crippen LogP contribution in [0.3, 0.4) is 0 Å². The lowest BCUT2D eigenvalue weighted by molar-refractivity contribution is 0.0600. The lowest BCUT2D eigenvalue weighted by Crippen LogP contribution is -2.06. The monoisotopic (exact) mass is 299 g/mol. The van der Waals surface area contributed by atoms with Gasteiger partial charge in [-0.05, 0) is 59.4 Å². The van der Waals surface area contributed by atoms with Crippen molar-refractivity contribution in [3.05, 3.63) is 70.0 Å². The second-order valence-electron chi connectivity index (χ2n) is 4.89. The fraction of sp³-hybridized carbons (Fsp3) is 0.176. The Morgan fingerprint density at radius 3 is 2.90 bits per heavy atom. The number of fused-ring (bicyclic) bond motifs is 1. The Hall–Kier alpha value is -2.13. The molecule has 0 radical (unpaired) electrons. The van der Waals surface area contributed by atoms with E-state index in [0.29, 0.717) is 10.7 Å². The molecule has 0 saturated heterocycles. The first-order chi connectivity index (χ1) is 10.2. The number of carbonyl (C=O) groups is 1. The van der Waals surface area contributed by atoms with Gasteiger partial charge >= 0.3 is 5.97 Å². The first-order valence-electron chi connectivity index (χ1n) is 6.73. The van der Waals surface area contributed by atoms with Gasteiger partial charge in [0, 0.05) is 6.20 Å². The number of methoxy groups -OCH3 is 1. The number of benzene rings is 1. The molecule has 0 spiro atoms. The van der Waals surface area contributed by atoms with Crippen molar-refractivity contribution in [3.8, 4) is 0 Å².